The molecule has 3 rings (SSSR count). The topological polar surface area (TPSA) is 41.8 Å². The molecule has 2 aromatic carbocycles. The van der Waals surface area contributed by atoms with E-state index >= 15 is 0 Å². The van der Waals surface area contributed by atoms with Crippen molar-refractivity contribution < 1.29 is 4.79 Å². The van der Waals surface area contributed by atoms with E-state index in [4.69, 9.17) is 0 Å². The van der Waals surface area contributed by atoms with Crippen molar-refractivity contribution in [3.63, 3.8) is 0 Å². The third-order valence-electron chi connectivity index (χ3n) is 4.34. The monoisotopic (exact) mass is 278 g/mol. The summed E-state index contributed by atoms with van der Waals surface area (Å²) in [6.07, 6.45) is 0.613. The Hall–Kier alpha value is -2.29. The summed E-state index contributed by atoms with van der Waals surface area (Å²) in [6.45, 7) is 3.84. The molecule has 1 heterocycles. The maximum Gasteiger partial charge on any atom is 0.200 e. The smallest absolute Gasteiger partial charge is 0.200 e. The first-order chi connectivity index (χ1) is 10.1. The number of ketones is 1. The third kappa shape index (κ3) is 1.92. The molecule has 3 heteroatoms. The van der Waals surface area contributed by atoms with E-state index in [2.05, 4.69) is 10.2 Å². The predicted octanol–water partition coefficient (Wildman–Crippen LogP) is 4.24. The van der Waals surface area contributed by atoms with Gasteiger partial charge in [0, 0.05) is 0 Å². The Morgan fingerprint density at radius 1 is 0.857 bits per heavy atom. The summed E-state index contributed by atoms with van der Waals surface area (Å²) in [7, 11) is 0. The lowest BCUT2D eigenvalue weighted by Gasteiger charge is -2.26. The summed E-state index contributed by atoms with van der Waals surface area (Å²) in [5.74, 6) is 0.0508. The van der Waals surface area contributed by atoms with Gasteiger partial charge in [0.05, 0.1) is 0 Å². The highest BCUT2D eigenvalue weighted by molar-refractivity contribution is 5.99. The molecule has 0 aliphatic carbocycles. The molecule has 0 aromatic heterocycles. The van der Waals surface area contributed by atoms with Crippen LogP contribution in [0, 0.1) is 0 Å². The van der Waals surface area contributed by atoms with Crippen LogP contribution in [-0.2, 0) is 15.9 Å². The highest BCUT2D eigenvalue weighted by Crippen LogP contribution is 2.46. The lowest BCUT2D eigenvalue weighted by atomic mass is 9.75. The summed E-state index contributed by atoms with van der Waals surface area (Å²) in [6, 6.07) is 19.4. The van der Waals surface area contributed by atoms with Crippen molar-refractivity contribution in [1.29, 1.82) is 0 Å². The molecule has 3 nitrogen and oxygen atoms in total. The molecule has 0 spiro atoms. The fourth-order valence-electron chi connectivity index (χ4n) is 2.97. The van der Waals surface area contributed by atoms with Gasteiger partial charge in [0.2, 0.25) is 0 Å². The fraction of sp³-hybridized carbons (Fsp3) is 0.278. The number of rotatable bonds is 3. The van der Waals surface area contributed by atoms with Crippen LogP contribution in [0.5, 0.6) is 0 Å². The molecular formula is C18H18N2O. The van der Waals surface area contributed by atoms with Gasteiger partial charge in [-0.05, 0) is 24.5 Å². The van der Waals surface area contributed by atoms with Gasteiger partial charge in [-0.15, -0.1) is 0 Å². The van der Waals surface area contributed by atoms with Crippen molar-refractivity contribution in [3.05, 3.63) is 71.8 Å². The molecule has 0 saturated heterocycles. The average molecular weight is 278 g/mol. The molecule has 1 aliphatic rings. The van der Waals surface area contributed by atoms with Crippen molar-refractivity contribution in [2.75, 3.05) is 0 Å². The van der Waals surface area contributed by atoms with E-state index in [1.807, 2.05) is 74.5 Å². The second-order valence-corrected chi connectivity index (χ2v) is 5.55. The van der Waals surface area contributed by atoms with Gasteiger partial charge < -0.3 is 0 Å². The van der Waals surface area contributed by atoms with E-state index in [0.29, 0.717) is 6.42 Å². The first-order valence-electron chi connectivity index (χ1n) is 7.23. The third-order valence-corrected chi connectivity index (χ3v) is 4.34. The van der Waals surface area contributed by atoms with Crippen molar-refractivity contribution in [1.82, 2.24) is 0 Å². The van der Waals surface area contributed by atoms with Crippen LogP contribution in [0.2, 0.25) is 0 Å². The second-order valence-electron chi connectivity index (χ2n) is 5.55. The SMILES string of the molecule is CC[C@]1(c2ccccc2)N=N[C@@](C)(c2ccccc2)C1=O. The Bertz CT molecular complexity index is 681. The van der Waals surface area contributed by atoms with Gasteiger partial charge >= 0.3 is 0 Å². The number of benzene rings is 2. The molecule has 0 N–H and O–H groups in total. The number of hydrogen-bond donors (Lipinski definition) is 0. The van der Waals surface area contributed by atoms with E-state index in [1.54, 1.807) is 0 Å². The van der Waals surface area contributed by atoms with Crippen molar-refractivity contribution in [3.8, 4) is 0 Å². The van der Waals surface area contributed by atoms with E-state index in [1.165, 1.54) is 0 Å². The zero-order valence-corrected chi connectivity index (χ0v) is 12.3. The summed E-state index contributed by atoms with van der Waals surface area (Å²) in [5.41, 5.74) is 0.0600. The number of Topliss-reactive ketones (excluding diaryl/α,β-unsaturated/α-hetero) is 1. The van der Waals surface area contributed by atoms with Crippen molar-refractivity contribution >= 4 is 5.78 Å². The minimum Gasteiger partial charge on any atom is -0.293 e. The van der Waals surface area contributed by atoms with Gasteiger partial charge in [0.1, 0.15) is 0 Å². The fourth-order valence-corrected chi connectivity index (χ4v) is 2.97. The summed E-state index contributed by atoms with van der Waals surface area (Å²) in [5, 5.41) is 8.84. The van der Waals surface area contributed by atoms with Crippen molar-refractivity contribution in [2.24, 2.45) is 10.2 Å². The molecule has 106 valence electrons. The van der Waals surface area contributed by atoms with Crippen LogP contribution in [0.25, 0.3) is 0 Å². The van der Waals surface area contributed by atoms with Gasteiger partial charge in [-0.1, -0.05) is 67.6 Å². The van der Waals surface area contributed by atoms with Crippen LogP contribution < -0.4 is 0 Å². The van der Waals surface area contributed by atoms with Crippen LogP contribution in [-0.4, -0.2) is 5.78 Å². The minimum atomic E-state index is -0.896. The Labute approximate surface area is 124 Å². The van der Waals surface area contributed by atoms with Crippen molar-refractivity contribution in [2.45, 2.75) is 31.3 Å². The summed E-state index contributed by atoms with van der Waals surface area (Å²) >= 11 is 0. The predicted molar refractivity (Wildman–Crippen MR) is 82.1 cm³/mol. The highest BCUT2D eigenvalue weighted by atomic mass is 16.1. The van der Waals surface area contributed by atoms with E-state index in [-0.39, 0.29) is 5.78 Å². The summed E-state index contributed by atoms with van der Waals surface area (Å²) < 4.78 is 0. The van der Waals surface area contributed by atoms with Crippen LogP contribution in [0.1, 0.15) is 31.4 Å². The Morgan fingerprint density at radius 2 is 1.38 bits per heavy atom. The molecule has 0 fully saturated rings. The quantitative estimate of drug-likeness (QED) is 0.827. The second kappa shape index (κ2) is 4.92. The van der Waals surface area contributed by atoms with E-state index in [0.717, 1.165) is 11.1 Å². The lowest BCUT2D eigenvalue weighted by Crippen LogP contribution is -2.40. The van der Waals surface area contributed by atoms with Gasteiger partial charge in [0.25, 0.3) is 0 Å². The van der Waals surface area contributed by atoms with Crippen LogP contribution >= 0.6 is 0 Å². The molecule has 0 amide bonds. The Morgan fingerprint density at radius 3 is 1.90 bits per heavy atom. The van der Waals surface area contributed by atoms with Crippen LogP contribution in [0.4, 0.5) is 0 Å². The maximum atomic E-state index is 13.2. The van der Waals surface area contributed by atoms with Gasteiger partial charge in [-0.25, -0.2) is 0 Å². The number of carbonyl (C=O) groups is 1. The molecule has 0 unspecified atom stereocenters. The van der Waals surface area contributed by atoms with E-state index < -0.39 is 11.1 Å². The maximum absolute atomic E-state index is 13.2. The van der Waals surface area contributed by atoms with Gasteiger partial charge in [-0.3, -0.25) is 4.79 Å². The molecule has 0 bridgehead atoms. The molecule has 2 aromatic rings. The molecule has 1 aliphatic heterocycles. The number of hydrogen-bond acceptors (Lipinski definition) is 3. The molecule has 0 radical (unpaired) electrons. The van der Waals surface area contributed by atoms with Gasteiger partial charge in [0.15, 0.2) is 16.9 Å². The van der Waals surface area contributed by atoms with Crippen LogP contribution in [0.3, 0.4) is 0 Å². The van der Waals surface area contributed by atoms with Gasteiger partial charge in [-0.2, -0.15) is 10.2 Å². The van der Waals surface area contributed by atoms with Crippen LogP contribution in [0.15, 0.2) is 70.9 Å². The zero-order valence-electron chi connectivity index (χ0n) is 12.3. The highest BCUT2D eigenvalue weighted by Gasteiger charge is 2.54. The Balaban J connectivity index is 2.10. The first kappa shape index (κ1) is 13.7. The first-order valence-corrected chi connectivity index (χ1v) is 7.23. The normalized spacial score (nSPS) is 28.0. The van der Waals surface area contributed by atoms with E-state index in [9.17, 15) is 4.79 Å². The average Bonchev–Trinajstić information content (AvgIpc) is 2.83. The molecular weight excluding hydrogens is 260 g/mol. The zero-order chi connectivity index (χ0) is 14.9. The lowest BCUT2D eigenvalue weighted by molar-refractivity contribution is -0.127. The number of nitrogens with zero attached hydrogens (tertiary/aromatic N) is 2. The molecule has 0 saturated carbocycles. The number of azo groups is 1. The largest absolute Gasteiger partial charge is 0.293 e. The number of carbonyl (C=O) groups excluding carboxylic acids is 1. The Kier molecular flexibility index (Phi) is 3.20. The minimum absolute atomic E-state index is 0.0508. The molecule has 21 heavy (non-hydrogen) atoms. The summed E-state index contributed by atoms with van der Waals surface area (Å²) in [4.78, 5) is 13.2. The standard InChI is InChI=1S/C18H18N2O/c1-3-18(15-12-8-5-9-13-15)16(21)17(2,19-20-18)14-10-6-4-7-11-14/h4-13H,3H2,1-2H3/t17-,18+/m0/s1. The molecule has 2 atom stereocenters.